The summed E-state index contributed by atoms with van der Waals surface area (Å²) in [5.74, 6) is 1.91. The Kier molecular flexibility index (Phi) is 6.15. The van der Waals surface area contributed by atoms with E-state index in [-0.39, 0.29) is 0 Å². The fourth-order valence-electron chi connectivity index (χ4n) is 7.56. The van der Waals surface area contributed by atoms with E-state index in [0.29, 0.717) is 17.5 Å². The predicted molar refractivity (Wildman–Crippen MR) is 210 cm³/mol. The molecule has 0 saturated carbocycles. The summed E-state index contributed by atoms with van der Waals surface area (Å²) in [5.41, 5.74) is 9.65. The molecule has 6 heteroatoms. The Bertz CT molecular complexity index is 3130. The standard InChI is InChI=1S/C46H27N5O/c1-3-12-28(13-4-1)44-48-45(29-14-5-2-6-15-29)50-46(49-44)32-17-11-16-30(24-32)31-22-23-36-37(25-31)33-18-7-8-20-35(33)42-43(36)51-27-40-38(26-41(51)47-42)34-19-9-10-21-39(34)52-40/h1-27H. The second-order valence-electron chi connectivity index (χ2n) is 13.1. The van der Waals surface area contributed by atoms with Gasteiger partial charge in [-0.2, -0.15) is 0 Å². The van der Waals surface area contributed by atoms with Gasteiger partial charge in [-0.3, -0.25) is 4.40 Å². The molecule has 7 aromatic carbocycles. The number of para-hydroxylation sites is 1. The Hall–Kier alpha value is -7.18. The van der Waals surface area contributed by atoms with Gasteiger partial charge in [-0.15, -0.1) is 0 Å². The minimum Gasteiger partial charge on any atom is -0.455 e. The van der Waals surface area contributed by atoms with Crippen LogP contribution >= 0.6 is 0 Å². The molecule has 0 fully saturated rings. The van der Waals surface area contributed by atoms with Crippen molar-refractivity contribution in [2.75, 3.05) is 0 Å². The molecule has 0 unspecified atom stereocenters. The second-order valence-corrected chi connectivity index (χ2v) is 13.1. The van der Waals surface area contributed by atoms with Crippen molar-refractivity contribution in [1.29, 1.82) is 0 Å². The lowest BCUT2D eigenvalue weighted by molar-refractivity contribution is 0.666. The predicted octanol–water partition coefficient (Wildman–Crippen LogP) is 11.5. The van der Waals surface area contributed by atoms with Gasteiger partial charge in [-0.25, -0.2) is 19.9 Å². The zero-order valence-corrected chi connectivity index (χ0v) is 27.7. The van der Waals surface area contributed by atoms with E-state index in [1.807, 2.05) is 78.9 Å². The summed E-state index contributed by atoms with van der Waals surface area (Å²) in [4.78, 5) is 20.0. The van der Waals surface area contributed by atoms with Crippen LogP contribution in [0.1, 0.15) is 0 Å². The molecule has 242 valence electrons. The summed E-state index contributed by atoms with van der Waals surface area (Å²) in [6.45, 7) is 0. The molecular weight excluding hydrogens is 639 g/mol. The molecular formula is C46H27N5O. The first-order valence-electron chi connectivity index (χ1n) is 17.3. The van der Waals surface area contributed by atoms with Gasteiger partial charge in [0.1, 0.15) is 11.2 Å². The summed E-state index contributed by atoms with van der Waals surface area (Å²) in [6, 6.07) is 54.2. The average molecular weight is 666 g/mol. The van der Waals surface area contributed by atoms with Crippen molar-refractivity contribution in [3.05, 3.63) is 164 Å². The molecule has 0 bridgehead atoms. The van der Waals surface area contributed by atoms with Crippen molar-refractivity contribution >= 4 is 60.2 Å². The van der Waals surface area contributed by atoms with Crippen LogP contribution in [-0.2, 0) is 0 Å². The van der Waals surface area contributed by atoms with E-state index in [9.17, 15) is 0 Å². The molecule has 6 nitrogen and oxygen atoms in total. The Labute approximate surface area is 297 Å². The van der Waals surface area contributed by atoms with Gasteiger partial charge in [-0.1, -0.05) is 133 Å². The van der Waals surface area contributed by atoms with Gasteiger partial charge < -0.3 is 4.42 Å². The first kappa shape index (κ1) is 28.6. The number of imidazole rings is 1. The minimum atomic E-state index is 0.630. The monoisotopic (exact) mass is 665 g/mol. The fraction of sp³-hybridized carbons (Fsp3) is 0. The molecule has 0 amide bonds. The lowest BCUT2D eigenvalue weighted by atomic mass is 9.95. The number of pyridine rings is 1. The number of hydrogen-bond acceptors (Lipinski definition) is 5. The summed E-state index contributed by atoms with van der Waals surface area (Å²) < 4.78 is 8.49. The van der Waals surface area contributed by atoms with Crippen LogP contribution in [0.2, 0.25) is 0 Å². The molecule has 0 aliphatic carbocycles. The van der Waals surface area contributed by atoms with Gasteiger partial charge in [0.2, 0.25) is 0 Å². The van der Waals surface area contributed by atoms with Gasteiger partial charge in [0.05, 0.1) is 17.2 Å². The zero-order valence-electron chi connectivity index (χ0n) is 27.7. The lowest BCUT2D eigenvalue weighted by Crippen LogP contribution is -2.00. The third kappa shape index (κ3) is 4.44. The molecule has 0 aliphatic heterocycles. The van der Waals surface area contributed by atoms with Gasteiger partial charge in [0.25, 0.3) is 0 Å². The third-order valence-corrected chi connectivity index (χ3v) is 10.0. The first-order chi connectivity index (χ1) is 25.7. The quantitative estimate of drug-likeness (QED) is 0.175. The largest absolute Gasteiger partial charge is 0.455 e. The van der Waals surface area contributed by atoms with Crippen LogP contribution in [0.3, 0.4) is 0 Å². The summed E-state index contributed by atoms with van der Waals surface area (Å²) in [6.07, 6.45) is 2.09. The minimum absolute atomic E-state index is 0.630. The normalized spacial score (nSPS) is 11.8. The fourth-order valence-corrected chi connectivity index (χ4v) is 7.56. The molecule has 0 spiro atoms. The van der Waals surface area contributed by atoms with Crippen molar-refractivity contribution in [3.8, 4) is 45.3 Å². The summed E-state index contributed by atoms with van der Waals surface area (Å²) in [5, 5.41) is 6.74. The molecule has 0 saturated heterocycles. The van der Waals surface area contributed by atoms with E-state index >= 15 is 0 Å². The van der Waals surface area contributed by atoms with Crippen molar-refractivity contribution in [1.82, 2.24) is 24.3 Å². The summed E-state index contributed by atoms with van der Waals surface area (Å²) in [7, 11) is 0. The maximum Gasteiger partial charge on any atom is 0.164 e. The SMILES string of the molecule is c1ccc(-c2nc(-c3ccccc3)nc(-c3cccc(-c4ccc5c(c4)c4ccccc4c4nc6cc7c(cn6c54)oc4ccccc47)c3)n2)cc1. The van der Waals surface area contributed by atoms with Crippen LogP contribution in [0, 0.1) is 0 Å². The number of aromatic nitrogens is 5. The van der Waals surface area contributed by atoms with Gasteiger partial charge in [0.15, 0.2) is 23.1 Å². The molecule has 11 rings (SSSR count). The highest BCUT2D eigenvalue weighted by Gasteiger charge is 2.18. The molecule has 11 aromatic rings. The summed E-state index contributed by atoms with van der Waals surface area (Å²) >= 11 is 0. The highest BCUT2D eigenvalue weighted by Crippen LogP contribution is 2.39. The Balaban J connectivity index is 1.10. The number of furan rings is 1. The van der Waals surface area contributed by atoms with Crippen LogP contribution in [-0.4, -0.2) is 24.3 Å². The third-order valence-electron chi connectivity index (χ3n) is 10.0. The molecule has 0 N–H and O–H groups in total. The van der Waals surface area contributed by atoms with E-state index in [1.54, 1.807) is 0 Å². The highest BCUT2D eigenvalue weighted by atomic mass is 16.3. The highest BCUT2D eigenvalue weighted by molar-refractivity contribution is 6.25. The number of rotatable bonds is 4. The number of hydrogen-bond donors (Lipinski definition) is 0. The number of nitrogens with zero attached hydrogens (tertiary/aromatic N) is 5. The van der Waals surface area contributed by atoms with Gasteiger partial charge in [0, 0.05) is 38.2 Å². The van der Waals surface area contributed by atoms with Crippen molar-refractivity contribution in [2.24, 2.45) is 0 Å². The van der Waals surface area contributed by atoms with Crippen LogP contribution < -0.4 is 0 Å². The van der Waals surface area contributed by atoms with Crippen molar-refractivity contribution < 1.29 is 4.42 Å². The molecule has 0 radical (unpaired) electrons. The maximum absolute atomic E-state index is 6.31. The van der Waals surface area contributed by atoms with E-state index < -0.39 is 0 Å². The van der Waals surface area contributed by atoms with Crippen LogP contribution in [0.25, 0.3) is 105 Å². The van der Waals surface area contributed by atoms with Crippen molar-refractivity contribution in [3.63, 3.8) is 0 Å². The van der Waals surface area contributed by atoms with Crippen LogP contribution in [0.5, 0.6) is 0 Å². The van der Waals surface area contributed by atoms with Gasteiger partial charge in [-0.05, 0) is 46.2 Å². The van der Waals surface area contributed by atoms with E-state index in [1.165, 1.54) is 0 Å². The molecule has 0 aliphatic rings. The smallest absolute Gasteiger partial charge is 0.164 e. The topological polar surface area (TPSA) is 69.1 Å². The van der Waals surface area contributed by atoms with E-state index in [0.717, 1.165) is 88.0 Å². The average Bonchev–Trinajstić information content (AvgIpc) is 3.78. The Morgan fingerprint density at radius 3 is 1.71 bits per heavy atom. The van der Waals surface area contributed by atoms with E-state index in [4.69, 9.17) is 24.4 Å². The molecule has 4 heterocycles. The molecule has 4 aromatic heterocycles. The van der Waals surface area contributed by atoms with E-state index in [2.05, 4.69) is 89.5 Å². The number of benzene rings is 7. The number of fused-ring (bicyclic) bond motifs is 11. The zero-order chi connectivity index (χ0) is 34.2. The molecule has 0 atom stereocenters. The Morgan fingerprint density at radius 2 is 0.962 bits per heavy atom. The molecule has 52 heavy (non-hydrogen) atoms. The second kappa shape index (κ2) is 11.2. The van der Waals surface area contributed by atoms with Crippen LogP contribution in [0.4, 0.5) is 0 Å². The first-order valence-corrected chi connectivity index (χ1v) is 17.3. The van der Waals surface area contributed by atoms with Crippen LogP contribution in [0.15, 0.2) is 168 Å². The Morgan fingerprint density at radius 1 is 0.365 bits per heavy atom. The maximum atomic E-state index is 6.31. The lowest BCUT2D eigenvalue weighted by Gasteiger charge is -2.11. The van der Waals surface area contributed by atoms with Crippen molar-refractivity contribution in [2.45, 2.75) is 0 Å². The van der Waals surface area contributed by atoms with Gasteiger partial charge >= 0.3 is 0 Å².